The number of para-hydroxylation sites is 1. The van der Waals surface area contributed by atoms with Gasteiger partial charge in [-0.2, -0.15) is 0 Å². The number of carbonyl (C=O) groups excluding carboxylic acids is 1. The second kappa shape index (κ2) is 6.66. The maximum Gasteiger partial charge on any atom is 0.252 e. The third-order valence-corrected chi connectivity index (χ3v) is 3.60. The minimum atomic E-state index is -0.0272. The van der Waals surface area contributed by atoms with Crippen LogP contribution in [0.1, 0.15) is 30.1 Å². The number of hydrogen-bond donors (Lipinski definition) is 1. The quantitative estimate of drug-likeness (QED) is 0.856. The minimum absolute atomic E-state index is 0.0272. The molecule has 0 spiro atoms. The van der Waals surface area contributed by atoms with Crippen molar-refractivity contribution >= 4 is 32.7 Å². The molecule has 100 valence electrons. The van der Waals surface area contributed by atoms with Gasteiger partial charge in [0.15, 0.2) is 0 Å². The van der Waals surface area contributed by atoms with Crippen LogP contribution in [0.15, 0.2) is 36.5 Å². The highest BCUT2D eigenvalue weighted by atomic mass is 79.9. The Morgan fingerprint density at radius 3 is 2.95 bits per heavy atom. The van der Waals surface area contributed by atoms with Gasteiger partial charge in [-0.1, -0.05) is 34.1 Å². The molecule has 1 heterocycles. The standard InChI is InChI=1S/C15H17BrN2O/c1-11(5-4-9-16)18-15(19)13-8-10-17-14-7-3-2-6-12(13)14/h2-3,6-8,10-11H,4-5,9H2,1H3,(H,18,19). The normalized spacial score (nSPS) is 12.3. The SMILES string of the molecule is CC(CCCBr)NC(=O)c1ccnc2ccccc12. The van der Waals surface area contributed by atoms with Crippen molar-refractivity contribution in [2.45, 2.75) is 25.8 Å². The number of fused-ring (bicyclic) bond motifs is 1. The van der Waals surface area contributed by atoms with Crippen LogP contribution < -0.4 is 5.32 Å². The van der Waals surface area contributed by atoms with E-state index in [2.05, 4.69) is 26.2 Å². The molecule has 0 aliphatic rings. The van der Waals surface area contributed by atoms with Crippen LogP contribution in [0.4, 0.5) is 0 Å². The predicted molar refractivity (Wildman–Crippen MR) is 81.7 cm³/mol. The monoisotopic (exact) mass is 320 g/mol. The molecule has 0 aliphatic carbocycles. The molecule has 2 aromatic rings. The van der Waals surface area contributed by atoms with E-state index < -0.39 is 0 Å². The van der Waals surface area contributed by atoms with Crippen molar-refractivity contribution in [2.75, 3.05) is 5.33 Å². The van der Waals surface area contributed by atoms with Crippen LogP contribution in [-0.4, -0.2) is 22.3 Å². The lowest BCUT2D eigenvalue weighted by molar-refractivity contribution is 0.0940. The Bertz CT molecular complexity index is 566. The van der Waals surface area contributed by atoms with Crippen molar-refractivity contribution in [3.63, 3.8) is 0 Å². The lowest BCUT2D eigenvalue weighted by Crippen LogP contribution is -2.32. The van der Waals surface area contributed by atoms with Crippen molar-refractivity contribution in [1.29, 1.82) is 0 Å². The Morgan fingerprint density at radius 2 is 2.16 bits per heavy atom. The first-order valence-electron chi connectivity index (χ1n) is 6.43. The molecule has 1 unspecified atom stereocenters. The molecule has 1 aromatic carbocycles. The number of nitrogens with zero attached hydrogens (tertiary/aromatic N) is 1. The number of carbonyl (C=O) groups is 1. The van der Waals surface area contributed by atoms with Crippen LogP contribution in [0.3, 0.4) is 0 Å². The number of alkyl halides is 1. The topological polar surface area (TPSA) is 42.0 Å². The smallest absolute Gasteiger partial charge is 0.252 e. The number of nitrogens with one attached hydrogen (secondary N) is 1. The van der Waals surface area contributed by atoms with Crippen LogP contribution in [-0.2, 0) is 0 Å². The van der Waals surface area contributed by atoms with Gasteiger partial charge in [0.05, 0.1) is 11.1 Å². The zero-order chi connectivity index (χ0) is 13.7. The molecule has 0 saturated heterocycles. The fourth-order valence-corrected chi connectivity index (χ4v) is 2.37. The number of benzene rings is 1. The van der Waals surface area contributed by atoms with Crippen molar-refractivity contribution in [3.05, 3.63) is 42.1 Å². The Hall–Kier alpha value is -1.42. The summed E-state index contributed by atoms with van der Waals surface area (Å²) in [7, 11) is 0. The summed E-state index contributed by atoms with van der Waals surface area (Å²) in [5.74, 6) is -0.0272. The summed E-state index contributed by atoms with van der Waals surface area (Å²) in [5, 5.41) is 4.90. The van der Waals surface area contributed by atoms with Crippen molar-refractivity contribution < 1.29 is 4.79 Å². The van der Waals surface area contributed by atoms with Gasteiger partial charge in [-0.05, 0) is 31.9 Å². The molecule has 0 saturated carbocycles. The highest BCUT2D eigenvalue weighted by Crippen LogP contribution is 2.16. The molecular formula is C15H17BrN2O. The van der Waals surface area contributed by atoms with E-state index in [1.54, 1.807) is 12.3 Å². The van der Waals surface area contributed by atoms with Crippen molar-refractivity contribution in [2.24, 2.45) is 0 Å². The second-order valence-corrected chi connectivity index (χ2v) is 5.37. The molecule has 0 bridgehead atoms. The Balaban J connectivity index is 2.17. The van der Waals surface area contributed by atoms with Gasteiger partial charge in [0.25, 0.3) is 5.91 Å². The predicted octanol–water partition coefficient (Wildman–Crippen LogP) is 3.53. The zero-order valence-electron chi connectivity index (χ0n) is 10.9. The first-order chi connectivity index (χ1) is 9.22. The molecule has 4 heteroatoms. The average Bonchev–Trinajstić information content (AvgIpc) is 2.44. The van der Waals surface area contributed by atoms with Gasteiger partial charge >= 0.3 is 0 Å². The molecule has 1 aromatic heterocycles. The molecule has 3 nitrogen and oxygen atoms in total. The van der Waals surface area contributed by atoms with Gasteiger partial charge < -0.3 is 5.32 Å². The zero-order valence-corrected chi connectivity index (χ0v) is 12.5. The van der Waals surface area contributed by atoms with E-state index in [9.17, 15) is 4.79 Å². The fraction of sp³-hybridized carbons (Fsp3) is 0.333. The second-order valence-electron chi connectivity index (χ2n) is 4.58. The molecule has 1 amide bonds. The molecule has 1 atom stereocenters. The van der Waals surface area contributed by atoms with Crippen LogP contribution in [0, 0.1) is 0 Å². The number of halogens is 1. The van der Waals surface area contributed by atoms with Crippen molar-refractivity contribution in [3.8, 4) is 0 Å². The first kappa shape index (κ1) is 14.0. The average molecular weight is 321 g/mol. The molecule has 1 N–H and O–H groups in total. The van der Waals surface area contributed by atoms with Crippen LogP contribution in [0.2, 0.25) is 0 Å². The van der Waals surface area contributed by atoms with Gasteiger partial charge in [-0.3, -0.25) is 9.78 Å². The maximum absolute atomic E-state index is 12.3. The van der Waals surface area contributed by atoms with Crippen LogP contribution >= 0.6 is 15.9 Å². The number of amides is 1. The summed E-state index contributed by atoms with van der Waals surface area (Å²) in [6.07, 6.45) is 3.71. The van der Waals surface area contributed by atoms with Crippen LogP contribution in [0.25, 0.3) is 10.9 Å². The summed E-state index contributed by atoms with van der Waals surface area (Å²) >= 11 is 3.40. The number of pyridine rings is 1. The van der Waals surface area contributed by atoms with Gasteiger partial charge in [-0.15, -0.1) is 0 Å². The van der Waals surface area contributed by atoms with E-state index in [-0.39, 0.29) is 11.9 Å². The Labute approximate surface area is 121 Å². The Kier molecular flexibility index (Phi) is 4.91. The number of rotatable bonds is 5. The minimum Gasteiger partial charge on any atom is -0.350 e. The maximum atomic E-state index is 12.3. The van der Waals surface area contributed by atoms with Crippen LogP contribution in [0.5, 0.6) is 0 Å². The molecule has 19 heavy (non-hydrogen) atoms. The van der Waals surface area contributed by atoms with Gasteiger partial charge in [0.1, 0.15) is 0 Å². The van der Waals surface area contributed by atoms with Crippen molar-refractivity contribution in [1.82, 2.24) is 10.3 Å². The summed E-state index contributed by atoms with van der Waals surface area (Å²) in [5.41, 5.74) is 1.54. The largest absolute Gasteiger partial charge is 0.350 e. The third-order valence-electron chi connectivity index (χ3n) is 3.04. The lowest BCUT2D eigenvalue weighted by atomic mass is 10.1. The first-order valence-corrected chi connectivity index (χ1v) is 7.55. The Morgan fingerprint density at radius 1 is 1.37 bits per heavy atom. The van der Waals surface area contributed by atoms with E-state index in [1.165, 1.54) is 0 Å². The molecule has 0 fully saturated rings. The summed E-state index contributed by atoms with van der Waals surface area (Å²) in [4.78, 5) is 16.5. The molecular weight excluding hydrogens is 304 g/mol. The van der Waals surface area contributed by atoms with E-state index in [4.69, 9.17) is 0 Å². The number of aromatic nitrogens is 1. The van der Waals surface area contributed by atoms with Gasteiger partial charge in [0, 0.05) is 23.0 Å². The number of hydrogen-bond acceptors (Lipinski definition) is 2. The molecule has 0 radical (unpaired) electrons. The highest BCUT2D eigenvalue weighted by Gasteiger charge is 2.12. The summed E-state index contributed by atoms with van der Waals surface area (Å²) in [6.45, 7) is 2.03. The summed E-state index contributed by atoms with van der Waals surface area (Å²) in [6, 6.07) is 9.65. The van der Waals surface area contributed by atoms with E-state index in [1.807, 2.05) is 31.2 Å². The third kappa shape index (κ3) is 3.53. The molecule has 0 aliphatic heterocycles. The summed E-state index contributed by atoms with van der Waals surface area (Å²) < 4.78 is 0. The van der Waals surface area contributed by atoms with E-state index in [0.29, 0.717) is 5.56 Å². The lowest BCUT2D eigenvalue weighted by Gasteiger charge is -2.14. The van der Waals surface area contributed by atoms with Gasteiger partial charge in [-0.25, -0.2) is 0 Å². The van der Waals surface area contributed by atoms with E-state index >= 15 is 0 Å². The highest BCUT2D eigenvalue weighted by molar-refractivity contribution is 9.09. The van der Waals surface area contributed by atoms with E-state index in [0.717, 1.165) is 29.1 Å². The van der Waals surface area contributed by atoms with Gasteiger partial charge in [0.2, 0.25) is 0 Å². The fourth-order valence-electron chi connectivity index (χ4n) is 2.05. The molecule has 2 rings (SSSR count).